The van der Waals surface area contributed by atoms with Gasteiger partial charge in [-0.2, -0.15) is 0 Å². The van der Waals surface area contributed by atoms with Gasteiger partial charge in [-0.05, 0) is 103 Å². The fraction of sp³-hybridized carbons (Fsp3) is 0.672. The topological polar surface area (TPSA) is 78.9 Å². The van der Waals surface area contributed by atoms with Crippen LogP contribution in [0, 0.1) is 0 Å². The summed E-state index contributed by atoms with van der Waals surface area (Å²) in [5.41, 5.74) is 0. The van der Waals surface area contributed by atoms with Gasteiger partial charge in [0.05, 0.1) is 0 Å². The molecule has 0 aromatic rings. The van der Waals surface area contributed by atoms with Gasteiger partial charge in [-0.15, -0.1) is 0 Å². The first kappa shape index (κ1) is 66.1. The number of rotatable bonds is 51. The van der Waals surface area contributed by atoms with Crippen LogP contribution < -0.4 is 0 Å². The Kier molecular flexibility index (Phi) is 54.4. The highest BCUT2D eigenvalue weighted by molar-refractivity contribution is 5.71. The minimum Gasteiger partial charge on any atom is -0.462 e. The molecule has 0 radical (unpaired) electrons. The molecular weight excluding hydrogens is 865 g/mol. The zero-order chi connectivity index (χ0) is 50.7. The van der Waals surface area contributed by atoms with Crippen LogP contribution in [0.3, 0.4) is 0 Å². The van der Waals surface area contributed by atoms with Gasteiger partial charge >= 0.3 is 17.9 Å². The van der Waals surface area contributed by atoms with E-state index in [1.807, 2.05) is 0 Å². The summed E-state index contributed by atoms with van der Waals surface area (Å²) in [6, 6.07) is 0. The van der Waals surface area contributed by atoms with Crippen molar-refractivity contribution in [1.82, 2.24) is 0 Å². The number of allylic oxidation sites excluding steroid dienone is 18. The summed E-state index contributed by atoms with van der Waals surface area (Å²) in [4.78, 5) is 38.1. The van der Waals surface area contributed by atoms with Crippen molar-refractivity contribution < 1.29 is 28.6 Å². The van der Waals surface area contributed by atoms with Crippen LogP contribution in [-0.2, 0) is 28.6 Å². The van der Waals surface area contributed by atoms with Crippen LogP contribution in [0.1, 0.15) is 258 Å². The number of hydrogen-bond donors (Lipinski definition) is 0. The highest BCUT2D eigenvalue weighted by Gasteiger charge is 2.19. The van der Waals surface area contributed by atoms with E-state index in [2.05, 4.69) is 130 Å². The maximum Gasteiger partial charge on any atom is 0.306 e. The average molecular weight is 972 g/mol. The van der Waals surface area contributed by atoms with Crippen LogP contribution in [0.15, 0.2) is 109 Å². The van der Waals surface area contributed by atoms with Crippen LogP contribution in [0.5, 0.6) is 0 Å². The Morgan fingerprint density at radius 1 is 0.300 bits per heavy atom. The molecular formula is C64H106O6. The van der Waals surface area contributed by atoms with E-state index in [-0.39, 0.29) is 31.1 Å². The van der Waals surface area contributed by atoms with Crippen LogP contribution >= 0.6 is 0 Å². The number of hydrogen-bond acceptors (Lipinski definition) is 6. The van der Waals surface area contributed by atoms with Crippen LogP contribution in [-0.4, -0.2) is 37.2 Å². The van der Waals surface area contributed by atoms with Crippen LogP contribution in [0.25, 0.3) is 0 Å². The number of ether oxygens (including phenoxy) is 3. The molecule has 70 heavy (non-hydrogen) atoms. The summed E-state index contributed by atoms with van der Waals surface area (Å²) in [5, 5.41) is 0. The lowest BCUT2D eigenvalue weighted by atomic mass is 10.0. The molecule has 0 fully saturated rings. The zero-order valence-electron chi connectivity index (χ0n) is 45.5. The number of carbonyl (C=O) groups excluding carboxylic acids is 3. The van der Waals surface area contributed by atoms with Crippen molar-refractivity contribution in [3.05, 3.63) is 109 Å². The molecule has 0 aromatic carbocycles. The molecule has 0 N–H and O–H groups in total. The molecule has 0 aromatic heterocycles. The predicted octanol–water partition coefficient (Wildman–Crippen LogP) is 19.5. The minimum atomic E-state index is -0.796. The van der Waals surface area contributed by atoms with Crippen LogP contribution in [0.2, 0.25) is 0 Å². The standard InChI is InChI=1S/C64H106O6/c1-4-7-10-13-16-19-22-25-27-29-30-31-32-33-34-36-37-39-42-45-48-51-54-57-63(66)69-60-61(59-68-62(65)56-53-50-47-44-41-24-21-18-15-12-9-6-3)70-64(67)58-55-52-49-46-43-40-38-35-28-26-23-20-17-14-11-8-5-2/h7-8,10-11,16-17,19-20,25-28,30-31,33-34,38,40,61H,4-6,9,12-15,18,21-24,29,32,35-37,39,41-60H2,1-3H3/b10-7-,11-8-,19-16-,20-17-,27-25-,28-26-,31-30-,34-33-,40-38-. The Hall–Kier alpha value is -3.93. The third-order valence-corrected chi connectivity index (χ3v) is 12.0. The first-order chi connectivity index (χ1) is 34.5. The Morgan fingerprint density at radius 2 is 0.557 bits per heavy atom. The third kappa shape index (κ3) is 55.0. The van der Waals surface area contributed by atoms with Crippen LogP contribution in [0.4, 0.5) is 0 Å². The van der Waals surface area contributed by atoms with Gasteiger partial charge < -0.3 is 14.2 Å². The number of carbonyl (C=O) groups is 3. The van der Waals surface area contributed by atoms with Gasteiger partial charge in [-0.25, -0.2) is 0 Å². The summed E-state index contributed by atoms with van der Waals surface area (Å²) >= 11 is 0. The number of unbranched alkanes of at least 4 members (excludes halogenated alkanes) is 22. The highest BCUT2D eigenvalue weighted by atomic mass is 16.6. The lowest BCUT2D eigenvalue weighted by Crippen LogP contribution is -2.30. The highest BCUT2D eigenvalue weighted by Crippen LogP contribution is 2.15. The Labute approximate surface area is 431 Å². The molecule has 0 aliphatic heterocycles. The molecule has 0 amide bonds. The molecule has 0 aliphatic carbocycles. The van der Waals surface area contributed by atoms with Crippen molar-refractivity contribution in [3.8, 4) is 0 Å². The second kappa shape index (κ2) is 57.6. The molecule has 6 nitrogen and oxygen atoms in total. The molecule has 0 spiro atoms. The maximum absolute atomic E-state index is 12.8. The quantitative estimate of drug-likeness (QED) is 0.0262. The SMILES string of the molecule is CC/C=C\C/C=C\C/C=C\C/C=C\C/C=C\CCCCCCCCCC(=O)OCC(COC(=O)CCCCCCCCCCCCCC)OC(=O)CCCCCC/C=C\C/C=C\C/C=C\C/C=C\CC. The Morgan fingerprint density at radius 3 is 0.871 bits per heavy atom. The summed E-state index contributed by atoms with van der Waals surface area (Å²) in [7, 11) is 0. The molecule has 1 unspecified atom stereocenters. The van der Waals surface area contributed by atoms with Gasteiger partial charge in [0, 0.05) is 19.3 Å². The number of esters is 3. The van der Waals surface area contributed by atoms with E-state index in [9.17, 15) is 14.4 Å². The fourth-order valence-electron chi connectivity index (χ4n) is 7.75. The Balaban J connectivity index is 4.40. The van der Waals surface area contributed by atoms with Gasteiger partial charge in [0.1, 0.15) is 13.2 Å². The second-order valence-electron chi connectivity index (χ2n) is 18.8. The van der Waals surface area contributed by atoms with Crippen molar-refractivity contribution in [3.63, 3.8) is 0 Å². The molecule has 0 saturated carbocycles. The molecule has 0 heterocycles. The zero-order valence-corrected chi connectivity index (χ0v) is 45.5. The van der Waals surface area contributed by atoms with E-state index < -0.39 is 6.10 Å². The summed E-state index contributed by atoms with van der Waals surface area (Å²) < 4.78 is 16.8. The predicted molar refractivity (Wildman–Crippen MR) is 302 cm³/mol. The molecule has 6 heteroatoms. The summed E-state index contributed by atoms with van der Waals surface area (Å²) in [5.74, 6) is -0.925. The third-order valence-electron chi connectivity index (χ3n) is 12.0. The molecule has 0 rings (SSSR count). The van der Waals surface area contributed by atoms with E-state index in [1.165, 1.54) is 83.5 Å². The molecule has 398 valence electrons. The van der Waals surface area contributed by atoms with E-state index in [0.717, 1.165) is 135 Å². The van der Waals surface area contributed by atoms with E-state index in [1.54, 1.807) is 0 Å². The molecule has 0 bridgehead atoms. The van der Waals surface area contributed by atoms with Gasteiger partial charge in [0.25, 0.3) is 0 Å². The fourth-order valence-corrected chi connectivity index (χ4v) is 7.75. The van der Waals surface area contributed by atoms with E-state index in [0.29, 0.717) is 19.3 Å². The van der Waals surface area contributed by atoms with Gasteiger partial charge in [0.15, 0.2) is 6.10 Å². The van der Waals surface area contributed by atoms with Crippen molar-refractivity contribution in [1.29, 1.82) is 0 Å². The largest absolute Gasteiger partial charge is 0.462 e. The average Bonchev–Trinajstić information content (AvgIpc) is 3.36. The normalized spacial score (nSPS) is 12.9. The van der Waals surface area contributed by atoms with E-state index in [4.69, 9.17) is 14.2 Å². The molecule has 1 atom stereocenters. The van der Waals surface area contributed by atoms with Crippen molar-refractivity contribution in [2.45, 2.75) is 264 Å². The Bertz CT molecular complexity index is 1440. The first-order valence-electron chi connectivity index (χ1n) is 28.9. The van der Waals surface area contributed by atoms with Gasteiger partial charge in [-0.1, -0.05) is 246 Å². The molecule has 0 aliphatic rings. The second-order valence-corrected chi connectivity index (χ2v) is 18.8. The van der Waals surface area contributed by atoms with Gasteiger partial charge in [-0.3, -0.25) is 14.4 Å². The monoisotopic (exact) mass is 971 g/mol. The van der Waals surface area contributed by atoms with E-state index >= 15 is 0 Å². The van der Waals surface area contributed by atoms with Gasteiger partial charge in [0.2, 0.25) is 0 Å². The molecule has 0 saturated heterocycles. The smallest absolute Gasteiger partial charge is 0.306 e. The van der Waals surface area contributed by atoms with Crippen molar-refractivity contribution >= 4 is 17.9 Å². The van der Waals surface area contributed by atoms with Crippen molar-refractivity contribution in [2.75, 3.05) is 13.2 Å². The lowest BCUT2D eigenvalue weighted by Gasteiger charge is -2.18. The lowest BCUT2D eigenvalue weighted by molar-refractivity contribution is -0.167. The maximum atomic E-state index is 12.8. The van der Waals surface area contributed by atoms with Crippen molar-refractivity contribution in [2.24, 2.45) is 0 Å². The summed E-state index contributed by atoms with van der Waals surface area (Å²) in [6.07, 6.45) is 77.9. The minimum absolute atomic E-state index is 0.0912. The summed E-state index contributed by atoms with van der Waals surface area (Å²) in [6.45, 7) is 6.38. The first-order valence-corrected chi connectivity index (χ1v) is 28.9.